The fourth-order valence-electron chi connectivity index (χ4n) is 2.00. The van der Waals surface area contributed by atoms with Crippen molar-refractivity contribution in [2.24, 2.45) is 0 Å². The predicted octanol–water partition coefficient (Wildman–Crippen LogP) is 3.10. The van der Waals surface area contributed by atoms with E-state index in [-0.39, 0.29) is 6.61 Å². The quantitative estimate of drug-likeness (QED) is 0.830. The number of aromatic nitrogens is 1. The molecule has 5 heteroatoms. The van der Waals surface area contributed by atoms with Crippen molar-refractivity contribution in [3.8, 4) is 11.8 Å². The molecule has 2 rings (SSSR count). The van der Waals surface area contributed by atoms with Crippen LogP contribution in [0.2, 0.25) is 0 Å². The van der Waals surface area contributed by atoms with Crippen LogP contribution >= 0.6 is 11.8 Å². The molecule has 1 N–H and O–H groups in total. The summed E-state index contributed by atoms with van der Waals surface area (Å²) in [5.74, 6) is 1.23. The maximum atomic E-state index is 10.00. The molecule has 1 aromatic heterocycles. The van der Waals surface area contributed by atoms with Gasteiger partial charge in [0.05, 0.1) is 22.8 Å². The summed E-state index contributed by atoms with van der Waals surface area (Å²) in [6, 6.07) is 11.4. The zero-order valence-electron chi connectivity index (χ0n) is 12.6. The molecule has 4 nitrogen and oxygen atoms in total. The van der Waals surface area contributed by atoms with Crippen LogP contribution in [0.3, 0.4) is 0 Å². The summed E-state index contributed by atoms with van der Waals surface area (Å²) in [5.41, 5.74) is 2.84. The number of thioether (sulfide) groups is 1. The van der Waals surface area contributed by atoms with Gasteiger partial charge in [-0.25, -0.2) is 4.98 Å². The first kappa shape index (κ1) is 16.3. The van der Waals surface area contributed by atoms with E-state index >= 15 is 0 Å². The van der Waals surface area contributed by atoms with E-state index in [9.17, 15) is 5.11 Å². The minimum absolute atomic E-state index is 0.230. The van der Waals surface area contributed by atoms with Gasteiger partial charge in [-0.15, -0.1) is 11.8 Å². The van der Waals surface area contributed by atoms with Crippen LogP contribution in [-0.2, 0) is 0 Å². The van der Waals surface area contributed by atoms with Crippen molar-refractivity contribution in [2.45, 2.75) is 25.0 Å². The molecular weight excluding hydrogens is 296 g/mol. The van der Waals surface area contributed by atoms with Crippen LogP contribution in [0.5, 0.6) is 5.75 Å². The van der Waals surface area contributed by atoms with Gasteiger partial charge in [0.1, 0.15) is 12.4 Å². The average molecular weight is 314 g/mol. The molecular formula is C17H18N2O2S. The molecule has 0 fully saturated rings. The highest BCUT2D eigenvalue weighted by Crippen LogP contribution is 2.19. The number of pyridine rings is 1. The van der Waals surface area contributed by atoms with Crippen LogP contribution in [0, 0.1) is 25.2 Å². The third-order valence-corrected chi connectivity index (χ3v) is 4.00. The van der Waals surface area contributed by atoms with Crippen molar-refractivity contribution in [3.05, 3.63) is 53.2 Å². The molecule has 1 unspecified atom stereocenters. The van der Waals surface area contributed by atoms with Crippen molar-refractivity contribution in [1.82, 2.24) is 4.98 Å². The lowest BCUT2D eigenvalue weighted by atomic mass is 10.1. The summed E-state index contributed by atoms with van der Waals surface area (Å²) >= 11 is 1.41. The Bertz CT molecular complexity index is 662. The number of nitrogens with zero attached hydrogens (tertiary/aromatic N) is 2. The third kappa shape index (κ3) is 5.06. The van der Waals surface area contributed by atoms with Gasteiger partial charge in [0, 0.05) is 11.9 Å². The Kier molecular flexibility index (Phi) is 5.82. The van der Waals surface area contributed by atoms with E-state index in [1.807, 2.05) is 26.0 Å². The SMILES string of the molecule is Cc1cc(C)cc(OCC(O)CSc2cc(C#N)ccn2)c1. The molecule has 2 aromatic rings. The lowest BCUT2D eigenvalue weighted by Crippen LogP contribution is -2.20. The van der Waals surface area contributed by atoms with Crippen LogP contribution in [-0.4, -0.2) is 28.6 Å². The minimum atomic E-state index is -0.599. The summed E-state index contributed by atoms with van der Waals surface area (Å²) in [6.07, 6.45) is 0.998. The number of aliphatic hydroxyl groups is 1. The molecule has 0 aliphatic rings. The Labute approximate surface area is 134 Å². The van der Waals surface area contributed by atoms with E-state index in [4.69, 9.17) is 10.00 Å². The van der Waals surface area contributed by atoms with Gasteiger partial charge < -0.3 is 9.84 Å². The van der Waals surface area contributed by atoms with Crippen LogP contribution < -0.4 is 4.74 Å². The number of aliphatic hydroxyl groups excluding tert-OH is 1. The second kappa shape index (κ2) is 7.83. The van der Waals surface area contributed by atoms with Crippen molar-refractivity contribution in [3.63, 3.8) is 0 Å². The molecule has 1 heterocycles. The highest BCUT2D eigenvalue weighted by Gasteiger charge is 2.08. The van der Waals surface area contributed by atoms with Gasteiger partial charge >= 0.3 is 0 Å². The molecule has 1 atom stereocenters. The van der Waals surface area contributed by atoms with Gasteiger partial charge in [0.15, 0.2) is 0 Å². The Hall–Kier alpha value is -2.03. The van der Waals surface area contributed by atoms with E-state index in [1.165, 1.54) is 11.8 Å². The first-order valence-corrected chi connectivity index (χ1v) is 7.93. The van der Waals surface area contributed by atoms with Gasteiger partial charge in [-0.05, 0) is 49.2 Å². The van der Waals surface area contributed by atoms with Crippen molar-refractivity contribution >= 4 is 11.8 Å². The van der Waals surface area contributed by atoms with Crippen molar-refractivity contribution < 1.29 is 9.84 Å². The average Bonchev–Trinajstić information content (AvgIpc) is 2.50. The zero-order valence-corrected chi connectivity index (χ0v) is 13.4. The van der Waals surface area contributed by atoms with Crippen molar-refractivity contribution in [1.29, 1.82) is 5.26 Å². The van der Waals surface area contributed by atoms with Crippen LogP contribution in [0.1, 0.15) is 16.7 Å². The van der Waals surface area contributed by atoms with E-state index in [2.05, 4.69) is 17.1 Å². The van der Waals surface area contributed by atoms with E-state index in [0.29, 0.717) is 11.3 Å². The molecule has 0 radical (unpaired) electrons. The molecule has 0 saturated carbocycles. The maximum absolute atomic E-state index is 10.00. The summed E-state index contributed by atoms with van der Waals surface area (Å²) in [4.78, 5) is 4.16. The number of hydrogen-bond acceptors (Lipinski definition) is 5. The van der Waals surface area contributed by atoms with Crippen LogP contribution in [0.15, 0.2) is 41.6 Å². The van der Waals surface area contributed by atoms with E-state index in [1.54, 1.807) is 18.3 Å². The molecule has 0 aliphatic heterocycles. The van der Waals surface area contributed by atoms with Gasteiger partial charge in [0.25, 0.3) is 0 Å². The van der Waals surface area contributed by atoms with Gasteiger partial charge in [-0.1, -0.05) is 6.07 Å². The molecule has 0 saturated heterocycles. The molecule has 0 bridgehead atoms. The highest BCUT2D eigenvalue weighted by atomic mass is 32.2. The standard InChI is InChI=1S/C17H18N2O2S/c1-12-5-13(2)7-16(6-12)21-10-15(20)11-22-17-8-14(9-18)3-4-19-17/h3-8,15,20H,10-11H2,1-2H3. The Morgan fingerprint density at radius 3 is 2.68 bits per heavy atom. The number of hydrogen-bond donors (Lipinski definition) is 1. The normalized spacial score (nSPS) is 11.7. The monoisotopic (exact) mass is 314 g/mol. The highest BCUT2D eigenvalue weighted by molar-refractivity contribution is 7.99. The van der Waals surface area contributed by atoms with Gasteiger partial charge in [-0.2, -0.15) is 5.26 Å². The van der Waals surface area contributed by atoms with E-state index in [0.717, 1.165) is 21.9 Å². The fourth-order valence-corrected chi connectivity index (χ4v) is 2.80. The van der Waals surface area contributed by atoms with Crippen molar-refractivity contribution in [2.75, 3.05) is 12.4 Å². The number of rotatable bonds is 6. The Morgan fingerprint density at radius 1 is 1.27 bits per heavy atom. The molecule has 1 aromatic carbocycles. The number of benzene rings is 1. The molecule has 0 aliphatic carbocycles. The lowest BCUT2D eigenvalue weighted by Gasteiger charge is -2.13. The topological polar surface area (TPSA) is 66.1 Å². The summed E-state index contributed by atoms with van der Waals surface area (Å²) in [6.45, 7) is 4.26. The number of ether oxygens (including phenoxy) is 1. The minimum Gasteiger partial charge on any atom is -0.491 e. The first-order chi connectivity index (χ1) is 10.6. The lowest BCUT2D eigenvalue weighted by molar-refractivity contribution is 0.126. The smallest absolute Gasteiger partial charge is 0.119 e. The number of aryl methyl sites for hydroxylation is 2. The second-order valence-corrected chi connectivity index (χ2v) is 6.13. The summed E-state index contributed by atoms with van der Waals surface area (Å²) < 4.78 is 5.63. The van der Waals surface area contributed by atoms with Gasteiger partial charge in [0.2, 0.25) is 0 Å². The first-order valence-electron chi connectivity index (χ1n) is 6.95. The molecule has 114 valence electrons. The fraction of sp³-hybridized carbons (Fsp3) is 0.294. The summed E-state index contributed by atoms with van der Waals surface area (Å²) in [7, 11) is 0. The van der Waals surface area contributed by atoms with E-state index < -0.39 is 6.10 Å². The van der Waals surface area contributed by atoms with Crippen LogP contribution in [0.4, 0.5) is 0 Å². The van der Waals surface area contributed by atoms with Gasteiger partial charge in [-0.3, -0.25) is 0 Å². The maximum Gasteiger partial charge on any atom is 0.119 e. The summed E-state index contributed by atoms with van der Waals surface area (Å²) in [5, 5.41) is 19.6. The Balaban J connectivity index is 1.82. The molecule has 22 heavy (non-hydrogen) atoms. The second-order valence-electron chi connectivity index (χ2n) is 5.09. The number of nitriles is 1. The molecule has 0 spiro atoms. The molecule has 0 amide bonds. The zero-order chi connectivity index (χ0) is 15.9. The third-order valence-electron chi connectivity index (χ3n) is 2.93. The Morgan fingerprint density at radius 2 is 2.00 bits per heavy atom. The predicted molar refractivity (Wildman–Crippen MR) is 87.1 cm³/mol. The largest absolute Gasteiger partial charge is 0.491 e. The van der Waals surface area contributed by atoms with Crippen LogP contribution in [0.25, 0.3) is 0 Å².